The Morgan fingerprint density at radius 3 is 2.53 bits per heavy atom. The number of rotatable bonds is 4. The molecule has 1 aliphatic carbocycles. The van der Waals surface area contributed by atoms with Gasteiger partial charge in [0.05, 0.1) is 5.60 Å². The van der Waals surface area contributed by atoms with Crippen LogP contribution in [0.3, 0.4) is 0 Å². The Morgan fingerprint density at radius 2 is 1.94 bits per heavy atom. The predicted molar refractivity (Wildman–Crippen MR) is 71.2 cm³/mol. The molecule has 0 radical (unpaired) electrons. The fourth-order valence-electron chi connectivity index (χ4n) is 2.48. The molecule has 2 N–H and O–H groups in total. The van der Waals surface area contributed by atoms with Crippen molar-refractivity contribution in [1.29, 1.82) is 0 Å². The van der Waals surface area contributed by atoms with Crippen LogP contribution in [-0.4, -0.2) is 23.3 Å². The molecule has 17 heavy (non-hydrogen) atoms. The highest BCUT2D eigenvalue weighted by Crippen LogP contribution is 2.38. The number of hydrogen-bond acceptors (Lipinski definition) is 2. The summed E-state index contributed by atoms with van der Waals surface area (Å²) in [6.07, 6.45) is 2.39. The highest BCUT2D eigenvalue weighted by molar-refractivity contribution is 5.31. The second-order valence-corrected chi connectivity index (χ2v) is 5.92. The maximum Gasteiger partial charge on any atom is 0.0715 e. The van der Waals surface area contributed by atoms with Gasteiger partial charge in [-0.1, -0.05) is 24.3 Å². The van der Waals surface area contributed by atoms with Gasteiger partial charge in [-0.2, -0.15) is 0 Å². The minimum atomic E-state index is -0.603. The van der Waals surface area contributed by atoms with Crippen molar-refractivity contribution < 1.29 is 5.11 Å². The van der Waals surface area contributed by atoms with E-state index in [9.17, 15) is 5.11 Å². The van der Waals surface area contributed by atoms with Crippen molar-refractivity contribution in [2.45, 2.75) is 51.2 Å². The van der Waals surface area contributed by atoms with Crippen LogP contribution in [0.4, 0.5) is 0 Å². The summed E-state index contributed by atoms with van der Waals surface area (Å²) < 4.78 is 0. The molecule has 0 spiro atoms. The molecule has 0 amide bonds. The van der Waals surface area contributed by atoms with Gasteiger partial charge in [0, 0.05) is 12.6 Å². The Labute approximate surface area is 104 Å². The Bertz CT molecular complexity index is 375. The third-order valence-electron chi connectivity index (χ3n) is 3.59. The minimum absolute atomic E-state index is 0.575. The van der Waals surface area contributed by atoms with Gasteiger partial charge in [-0.25, -0.2) is 0 Å². The Morgan fingerprint density at radius 1 is 1.29 bits per heavy atom. The van der Waals surface area contributed by atoms with Crippen molar-refractivity contribution in [2.24, 2.45) is 0 Å². The first kappa shape index (κ1) is 12.6. The molecule has 0 saturated heterocycles. The molecule has 0 aliphatic heterocycles. The van der Waals surface area contributed by atoms with Crippen LogP contribution in [0.1, 0.15) is 43.7 Å². The molecular formula is C15H23NO. The van der Waals surface area contributed by atoms with Crippen molar-refractivity contribution in [2.75, 3.05) is 6.54 Å². The molecule has 1 fully saturated rings. The molecule has 94 valence electrons. The summed E-state index contributed by atoms with van der Waals surface area (Å²) in [6, 6.07) is 9.23. The lowest BCUT2D eigenvalue weighted by Gasteiger charge is -2.38. The van der Waals surface area contributed by atoms with Crippen LogP contribution in [0.5, 0.6) is 0 Å². The largest absolute Gasteiger partial charge is 0.389 e. The first-order chi connectivity index (χ1) is 7.96. The van der Waals surface area contributed by atoms with E-state index < -0.39 is 5.60 Å². The van der Waals surface area contributed by atoms with E-state index in [-0.39, 0.29) is 0 Å². The average Bonchev–Trinajstić information content (AvgIpc) is 2.16. The molecular weight excluding hydrogens is 210 g/mol. The third kappa shape index (κ3) is 3.30. The molecule has 1 aliphatic rings. The van der Waals surface area contributed by atoms with Crippen molar-refractivity contribution >= 4 is 0 Å². The maximum atomic E-state index is 9.65. The lowest BCUT2D eigenvalue weighted by molar-refractivity contribution is 0.0708. The number of nitrogens with one attached hydrogen (secondary N) is 1. The van der Waals surface area contributed by atoms with E-state index in [1.54, 1.807) is 0 Å². The normalized spacial score (nSPS) is 24.5. The van der Waals surface area contributed by atoms with Gasteiger partial charge in [0.25, 0.3) is 0 Å². The van der Waals surface area contributed by atoms with Gasteiger partial charge in [0.15, 0.2) is 0 Å². The molecule has 1 saturated carbocycles. The fourth-order valence-corrected chi connectivity index (χ4v) is 2.48. The van der Waals surface area contributed by atoms with Crippen LogP contribution in [0.2, 0.25) is 0 Å². The number of aliphatic hydroxyl groups is 1. The standard InChI is InChI=1S/C15H23NO/c1-11-6-4-5-7-14(11)12-8-13(9-12)16-10-15(2,3)17/h4-7,12-13,16-17H,8-10H2,1-3H3. The quantitative estimate of drug-likeness (QED) is 0.838. The Balaban J connectivity index is 1.81. The number of hydrogen-bond donors (Lipinski definition) is 2. The average molecular weight is 233 g/mol. The van der Waals surface area contributed by atoms with Gasteiger partial charge in [0.2, 0.25) is 0 Å². The molecule has 1 aromatic carbocycles. The van der Waals surface area contributed by atoms with Gasteiger partial charge in [-0.3, -0.25) is 0 Å². The van der Waals surface area contributed by atoms with Crippen LogP contribution in [0.15, 0.2) is 24.3 Å². The van der Waals surface area contributed by atoms with E-state index in [1.165, 1.54) is 24.0 Å². The van der Waals surface area contributed by atoms with Gasteiger partial charge < -0.3 is 10.4 Å². The van der Waals surface area contributed by atoms with Crippen molar-refractivity contribution in [3.05, 3.63) is 35.4 Å². The molecule has 2 rings (SSSR count). The summed E-state index contributed by atoms with van der Waals surface area (Å²) in [4.78, 5) is 0. The highest BCUT2D eigenvalue weighted by Gasteiger charge is 2.31. The summed E-state index contributed by atoms with van der Waals surface area (Å²) in [6.45, 7) is 6.56. The zero-order valence-corrected chi connectivity index (χ0v) is 11.0. The maximum absolute atomic E-state index is 9.65. The van der Waals surface area contributed by atoms with E-state index in [0.29, 0.717) is 18.5 Å². The minimum Gasteiger partial charge on any atom is -0.389 e. The van der Waals surface area contributed by atoms with E-state index in [2.05, 4.69) is 36.5 Å². The van der Waals surface area contributed by atoms with Crippen LogP contribution < -0.4 is 5.32 Å². The molecule has 2 nitrogen and oxygen atoms in total. The second-order valence-electron chi connectivity index (χ2n) is 5.92. The number of aryl methyl sites for hydroxylation is 1. The zero-order valence-electron chi connectivity index (χ0n) is 11.0. The summed E-state index contributed by atoms with van der Waals surface area (Å²) in [5.41, 5.74) is 2.29. The van der Waals surface area contributed by atoms with E-state index in [0.717, 1.165) is 0 Å². The van der Waals surface area contributed by atoms with Crippen molar-refractivity contribution in [1.82, 2.24) is 5.32 Å². The van der Waals surface area contributed by atoms with Gasteiger partial charge in [-0.05, 0) is 50.7 Å². The molecule has 0 bridgehead atoms. The Kier molecular flexibility index (Phi) is 3.55. The van der Waals surface area contributed by atoms with Crippen LogP contribution in [-0.2, 0) is 0 Å². The lowest BCUT2D eigenvalue weighted by atomic mass is 9.74. The topological polar surface area (TPSA) is 32.3 Å². The molecule has 0 heterocycles. The summed E-state index contributed by atoms with van der Waals surface area (Å²) >= 11 is 0. The molecule has 1 aromatic rings. The molecule has 2 heteroatoms. The molecule has 0 aromatic heterocycles. The van der Waals surface area contributed by atoms with Gasteiger partial charge in [-0.15, -0.1) is 0 Å². The smallest absolute Gasteiger partial charge is 0.0715 e. The zero-order chi connectivity index (χ0) is 12.5. The summed E-state index contributed by atoms with van der Waals surface area (Å²) in [5.74, 6) is 0.704. The monoisotopic (exact) mass is 233 g/mol. The lowest BCUT2D eigenvalue weighted by Crippen LogP contribution is -2.46. The highest BCUT2D eigenvalue weighted by atomic mass is 16.3. The van der Waals surface area contributed by atoms with Crippen molar-refractivity contribution in [3.63, 3.8) is 0 Å². The van der Waals surface area contributed by atoms with E-state index in [4.69, 9.17) is 0 Å². The predicted octanol–water partition coefficient (Wildman–Crippen LogP) is 2.60. The fraction of sp³-hybridized carbons (Fsp3) is 0.600. The first-order valence-corrected chi connectivity index (χ1v) is 6.47. The molecule has 0 atom stereocenters. The van der Waals surface area contributed by atoms with Crippen molar-refractivity contribution in [3.8, 4) is 0 Å². The second kappa shape index (κ2) is 4.79. The molecule has 0 unspecified atom stereocenters. The van der Waals surface area contributed by atoms with Crippen LogP contribution in [0.25, 0.3) is 0 Å². The SMILES string of the molecule is Cc1ccccc1C1CC(NCC(C)(C)O)C1. The third-order valence-corrected chi connectivity index (χ3v) is 3.59. The van der Waals surface area contributed by atoms with Gasteiger partial charge >= 0.3 is 0 Å². The van der Waals surface area contributed by atoms with Crippen LogP contribution in [0, 0.1) is 6.92 Å². The first-order valence-electron chi connectivity index (χ1n) is 6.47. The summed E-state index contributed by atoms with van der Waals surface area (Å²) in [5, 5.41) is 13.1. The van der Waals surface area contributed by atoms with E-state index >= 15 is 0 Å². The number of benzene rings is 1. The van der Waals surface area contributed by atoms with E-state index in [1.807, 2.05) is 13.8 Å². The van der Waals surface area contributed by atoms with Crippen LogP contribution >= 0.6 is 0 Å². The summed E-state index contributed by atoms with van der Waals surface area (Å²) in [7, 11) is 0. The Hall–Kier alpha value is -0.860. The van der Waals surface area contributed by atoms with Gasteiger partial charge in [0.1, 0.15) is 0 Å².